The summed E-state index contributed by atoms with van der Waals surface area (Å²) in [6.45, 7) is 3.06. The number of nitro benzene ring substituents is 1. The van der Waals surface area contributed by atoms with E-state index in [1.54, 1.807) is 17.4 Å². The molecule has 4 rings (SSSR count). The van der Waals surface area contributed by atoms with Crippen molar-refractivity contribution < 1.29 is 9.72 Å². The summed E-state index contributed by atoms with van der Waals surface area (Å²) >= 11 is 7.72. The Labute approximate surface area is 186 Å². The van der Waals surface area contributed by atoms with Gasteiger partial charge < -0.3 is 4.57 Å². The molecule has 1 amide bonds. The number of fused-ring (bicyclic) bond motifs is 1. The van der Waals surface area contributed by atoms with Gasteiger partial charge in [-0.2, -0.15) is 0 Å². The van der Waals surface area contributed by atoms with Crippen LogP contribution in [0.3, 0.4) is 0 Å². The number of aromatic nitrogens is 3. The molecule has 10 heteroatoms. The van der Waals surface area contributed by atoms with E-state index in [4.69, 9.17) is 16.6 Å². The SMILES string of the molecule is Cc1ccc(Cl)c2sc(N(CCCn3ccnc3)C(=O)c3ccc([N+](=O)[O-])cc3)nc12. The first-order valence-electron chi connectivity index (χ1n) is 9.52. The molecule has 4 aromatic rings. The number of hydrogen-bond acceptors (Lipinski definition) is 6. The quantitative estimate of drug-likeness (QED) is 0.285. The fraction of sp³-hybridized carbons (Fsp3) is 0.190. The van der Waals surface area contributed by atoms with Gasteiger partial charge in [0, 0.05) is 43.2 Å². The summed E-state index contributed by atoms with van der Waals surface area (Å²) in [6, 6.07) is 9.31. The van der Waals surface area contributed by atoms with Crippen molar-refractivity contribution in [2.24, 2.45) is 0 Å². The summed E-state index contributed by atoms with van der Waals surface area (Å²) < 4.78 is 2.77. The topological polar surface area (TPSA) is 94.2 Å². The molecule has 158 valence electrons. The largest absolute Gasteiger partial charge is 0.337 e. The highest BCUT2D eigenvalue weighted by Gasteiger charge is 2.23. The lowest BCUT2D eigenvalue weighted by atomic mass is 10.2. The minimum Gasteiger partial charge on any atom is -0.337 e. The number of benzene rings is 2. The number of hydrogen-bond donors (Lipinski definition) is 0. The summed E-state index contributed by atoms with van der Waals surface area (Å²) in [4.78, 5) is 34.1. The number of carbonyl (C=O) groups excluding carboxylic acids is 1. The predicted molar refractivity (Wildman–Crippen MR) is 121 cm³/mol. The van der Waals surface area contributed by atoms with Crippen LogP contribution in [-0.2, 0) is 6.54 Å². The molecular formula is C21H18ClN5O3S. The van der Waals surface area contributed by atoms with Crippen LogP contribution in [-0.4, -0.2) is 31.9 Å². The van der Waals surface area contributed by atoms with Gasteiger partial charge in [-0.05, 0) is 37.1 Å². The van der Waals surface area contributed by atoms with Crippen LogP contribution in [0.15, 0.2) is 55.1 Å². The average molecular weight is 456 g/mol. The monoisotopic (exact) mass is 455 g/mol. The molecule has 0 aliphatic rings. The molecule has 31 heavy (non-hydrogen) atoms. The number of nitrogens with zero attached hydrogens (tertiary/aromatic N) is 5. The Bertz CT molecular complexity index is 1200. The number of anilines is 1. The number of non-ortho nitro benzene ring substituents is 1. The summed E-state index contributed by atoms with van der Waals surface area (Å²) in [5, 5.41) is 12.1. The van der Waals surface area contributed by atoms with Crippen molar-refractivity contribution in [3.05, 3.63) is 81.4 Å². The molecule has 0 N–H and O–H groups in total. The third kappa shape index (κ3) is 4.42. The molecule has 0 bridgehead atoms. The summed E-state index contributed by atoms with van der Waals surface area (Å²) in [7, 11) is 0. The molecule has 0 aliphatic carbocycles. The van der Waals surface area contributed by atoms with Crippen molar-refractivity contribution in [1.29, 1.82) is 0 Å². The Balaban J connectivity index is 1.66. The van der Waals surface area contributed by atoms with Gasteiger partial charge >= 0.3 is 0 Å². The maximum atomic E-state index is 13.3. The lowest BCUT2D eigenvalue weighted by Gasteiger charge is -2.20. The maximum absolute atomic E-state index is 13.3. The van der Waals surface area contributed by atoms with E-state index < -0.39 is 4.92 Å². The Morgan fingerprint density at radius 3 is 2.68 bits per heavy atom. The van der Waals surface area contributed by atoms with E-state index in [2.05, 4.69) is 4.98 Å². The second kappa shape index (κ2) is 8.83. The van der Waals surface area contributed by atoms with Gasteiger partial charge in [-0.1, -0.05) is 29.0 Å². The molecule has 0 aliphatic heterocycles. The van der Waals surface area contributed by atoms with Crippen LogP contribution in [0, 0.1) is 17.0 Å². The fourth-order valence-electron chi connectivity index (χ4n) is 3.20. The molecule has 0 saturated heterocycles. The Morgan fingerprint density at radius 1 is 1.26 bits per heavy atom. The molecular weight excluding hydrogens is 438 g/mol. The summed E-state index contributed by atoms with van der Waals surface area (Å²) in [5.41, 5.74) is 2.03. The van der Waals surface area contributed by atoms with Gasteiger partial charge in [-0.15, -0.1) is 0 Å². The zero-order valence-corrected chi connectivity index (χ0v) is 18.1. The van der Waals surface area contributed by atoms with Gasteiger partial charge in [0.1, 0.15) is 0 Å². The normalized spacial score (nSPS) is 11.0. The molecule has 2 aromatic heterocycles. The predicted octanol–water partition coefficient (Wildman–Crippen LogP) is 5.10. The molecule has 2 heterocycles. The van der Waals surface area contributed by atoms with Crippen LogP contribution in [0.5, 0.6) is 0 Å². The van der Waals surface area contributed by atoms with Crippen molar-refractivity contribution in [2.45, 2.75) is 19.9 Å². The van der Waals surface area contributed by atoms with Crippen LogP contribution in [0.2, 0.25) is 5.02 Å². The first kappa shape index (κ1) is 21.0. The first-order valence-corrected chi connectivity index (χ1v) is 10.7. The molecule has 0 spiro atoms. The van der Waals surface area contributed by atoms with Crippen molar-refractivity contribution >= 4 is 49.9 Å². The third-order valence-corrected chi connectivity index (χ3v) is 6.38. The standard InChI is InChI=1S/C21H18ClN5O3S/c1-14-3-8-17(22)19-18(14)24-21(31-19)26(11-2-10-25-12-9-23-13-25)20(28)15-4-6-16(7-5-15)27(29)30/h3-9,12-13H,2,10-11H2,1H3. The minimum absolute atomic E-state index is 0.0643. The zero-order chi connectivity index (χ0) is 22.0. The van der Waals surface area contributed by atoms with Crippen LogP contribution < -0.4 is 4.90 Å². The summed E-state index contributed by atoms with van der Waals surface area (Å²) in [6.07, 6.45) is 5.97. The van der Waals surface area contributed by atoms with Gasteiger partial charge in [0.15, 0.2) is 5.13 Å². The number of imidazole rings is 1. The second-order valence-corrected chi connectivity index (χ2v) is 8.34. The number of halogens is 1. The minimum atomic E-state index is -0.491. The smallest absolute Gasteiger partial charge is 0.269 e. The Hall–Kier alpha value is -3.30. The lowest BCUT2D eigenvalue weighted by Crippen LogP contribution is -2.32. The number of amides is 1. The van der Waals surface area contributed by atoms with E-state index in [1.807, 2.05) is 29.8 Å². The lowest BCUT2D eigenvalue weighted by molar-refractivity contribution is -0.384. The fourth-order valence-corrected chi connectivity index (χ4v) is 4.54. The van der Waals surface area contributed by atoms with Crippen LogP contribution in [0.1, 0.15) is 22.3 Å². The molecule has 0 unspecified atom stereocenters. The van der Waals surface area contributed by atoms with E-state index in [-0.39, 0.29) is 11.6 Å². The second-order valence-electron chi connectivity index (χ2n) is 6.95. The zero-order valence-electron chi connectivity index (χ0n) is 16.6. The Kier molecular flexibility index (Phi) is 5.97. The van der Waals surface area contributed by atoms with E-state index in [0.29, 0.717) is 35.2 Å². The van der Waals surface area contributed by atoms with Gasteiger partial charge in [-0.25, -0.2) is 9.97 Å². The molecule has 8 nitrogen and oxygen atoms in total. The molecule has 0 fully saturated rings. The maximum Gasteiger partial charge on any atom is 0.269 e. The van der Waals surface area contributed by atoms with Gasteiger partial charge in [0.05, 0.1) is 26.5 Å². The molecule has 0 saturated carbocycles. The Morgan fingerprint density at radius 2 is 2.03 bits per heavy atom. The number of rotatable bonds is 7. The van der Waals surface area contributed by atoms with Gasteiger partial charge in [-0.3, -0.25) is 19.8 Å². The summed E-state index contributed by atoms with van der Waals surface area (Å²) in [5.74, 6) is -0.270. The van der Waals surface area contributed by atoms with E-state index in [9.17, 15) is 14.9 Å². The van der Waals surface area contributed by atoms with E-state index in [1.165, 1.54) is 35.6 Å². The molecule has 0 radical (unpaired) electrons. The first-order chi connectivity index (χ1) is 14.9. The average Bonchev–Trinajstić information content (AvgIpc) is 3.44. The molecule has 2 aromatic carbocycles. The number of carbonyl (C=O) groups is 1. The number of thiazole rings is 1. The highest BCUT2D eigenvalue weighted by molar-refractivity contribution is 7.23. The van der Waals surface area contributed by atoms with Crippen LogP contribution in [0.4, 0.5) is 10.8 Å². The van der Waals surface area contributed by atoms with Crippen molar-refractivity contribution in [3.63, 3.8) is 0 Å². The van der Waals surface area contributed by atoms with Gasteiger partial charge in [0.2, 0.25) is 0 Å². The molecule has 0 atom stereocenters. The van der Waals surface area contributed by atoms with Crippen molar-refractivity contribution in [3.8, 4) is 0 Å². The highest BCUT2D eigenvalue weighted by atomic mass is 35.5. The highest BCUT2D eigenvalue weighted by Crippen LogP contribution is 2.36. The van der Waals surface area contributed by atoms with Crippen LogP contribution in [0.25, 0.3) is 10.2 Å². The van der Waals surface area contributed by atoms with Gasteiger partial charge in [0.25, 0.3) is 11.6 Å². The van der Waals surface area contributed by atoms with Crippen molar-refractivity contribution in [1.82, 2.24) is 14.5 Å². The van der Waals surface area contributed by atoms with E-state index >= 15 is 0 Å². The van der Waals surface area contributed by atoms with E-state index in [0.717, 1.165) is 15.8 Å². The van der Waals surface area contributed by atoms with Crippen LogP contribution >= 0.6 is 22.9 Å². The van der Waals surface area contributed by atoms with Crippen molar-refractivity contribution in [2.75, 3.05) is 11.4 Å². The third-order valence-electron chi connectivity index (χ3n) is 4.84. The number of aryl methyl sites for hydroxylation is 2. The number of nitro groups is 1.